The second kappa shape index (κ2) is 9.43. The van der Waals surface area contributed by atoms with Crippen molar-refractivity contribution in [3.8, 4) is 11.5 Å². The van der Waals surface area contributed by atoms with Crippen molar-refractivity contribution in [2.24, 2.45) is 0 Å². The third-order valence-electron chi connectivity index (χ3n) is 6.29. The molecule has 2 aromatic carbocycles. The van der Waals surface area contributed by atoms with Gasteiger partial charge in [-0.1, -0.05) is 24.6 Å². The van der Waals surface area contributed by atoms with Crippen LogP contribution in [-0.2, 0) is 0 Å². The summed E-state index contributed by atoms with van der Waals surface area (Å²) >= 11 is 1.42. The molecule has 0 saturated heterocycles. The molecule has 0 aliphatic carbocycles. The zero-order chi connectivity index (χ0) is 25.6. The van der Waals surface area contributed by atoms with Gasteiger partial charge in [-0.05, 0) is 63.9 Å². The maximum Gasteiger partial charge on any atom is 0.297 e. The van der Waals surface area contributed by atoms with E-state index in [1.165, 1.54) is 11.3 Å². The number of carbonyl (C=O) groups excluding carboxylic acids is 1. The molecular weight excluding hydrogens is 476 g/mol. The summed E-state index contributed by atoms with van der Waals surface area (Å²) in [7, 11) is 0. The summed E-state index contributed by atoms with van der Waals surface area (Å²) in [6.07, 6.45) is 0.863. The number of carbonyl (C=O) groups is 1. The van der Waals surface area contributed by atoms with Crippen LogP contribution in [0.3, 0.4) is 0 Å². The van der Waals surface area contributed by atoms with Crippen LogP contribution < -0.4 is 19.8 Å². The smallest absolute Gasteiger partial charge is 0.297 e. The number of anilines is 1. The Labute approximate surface area is 213 Å². The van der Waals surface area contributed by atoms with Crippen LogP contribution in [0, 0.1) is 20.8 Å². The maximum atomic E-state index is 13.9. The molecule has 0 spiro atoms. The molecule has 36 heavy (non-hydrogen) atoms. The standard InChI is InChI=1S/C28H28N2O5S/c1-6-12-34-21-11-9-18(14-22(21)33-7-2)24-23-25(31)19-13-15(3)8-10-20(19)35-26(23)27(32)30(24)28-29-16(4)17(5)36-28/h8-11,13-14,24H,6-7,12H2,1-5H3. The van der Waals surface area contributed by atoms with E-state index in [4.69, 9.17) is 13.9 Å². The molecule has 7 nitrogen and oxygen atoms in total. The molecule has 5 rings (SSSR count). The van der Waals surface area contributed by atoms with Crippen LogP contribution in [0.4, 0.5) is 5.13 Å². The Bertz CT molecular complexity index is 1520. The molecule has 1 amide bonds. The predicted octanol–water partition coefficient (Wildman–Crippen LogP) is 6.11. The average Bonchev–Trinajstić information content (AvgIpc) is 3.34. The SMILES string of the molecule is CCCOc1ccc(C2c3c(oc4ccc(C)cc4c3=O)C(=O)N2c2nc(C)c(C)s2)cc1OCC. The van der Waals surface area contributed by atoms with Gasteiger partial charge >= 0.3 is 0 Å². The van der Waals surface area contributed by atoms with Gasteiger partial charge in [0.05, 0.1) is 35.9 Å². The minimum absolute atomic E-state index is 0.0520. The number of aryl methyl sites for hydroxylation is 3. The molecule has 0 saturated carbocycles. The van der Waals surface area contributed by atoms with E-state index < -0.39 is 6.04 Å². The van der Waals surface area contributed by atoms with Crippen LogP contribution >= 0.6 is 11.3 Å². The number of ether oxygens (including phenoxy) is 2. The van der Waals surface area contributed by atoms with Gasteiger partial charge in [0.2, 0.25) is 5.76 Å². The van der Waals surface area contributed by atoms with Crippen LogP contribution in [0.15, 0.2) is 45.6 Å². The zero-order valence-electron chi connectivity index (χ0n) is 21.0. The molecule has 0 radical (unpaired) electrons. The minimum Gasteiger partial charge on any atom is -0.490 e. The lowest BCUT2D eigenvalue weighted by Crippen LogP contribution is -2.29. The first-order chi connectivity index (χ1) is 17.3. The first-order valence-electron chi connectivity index (χ1n) is 12.1. The number of nitrogens with zero attached hydrogens (tertiary/aromatic N) is 2. The number of aromatic nitrogens is 1. The fraction of sp³-hybridized carbons (Fsp3) is 0.321. The number of benzene rings is 2. The number of thiazole rings is 1. The minimum atomic E-state index is -0.710. The fourth-order valence-electron chi connectivity index (χ4n) is 4.45. The molecule has 1 aliphatic rings. The van der Waals surface area contributed by atoms with Gasteiger partial charge in [0.25, 0.3) is 5.91 Å². The molecule has 186 valence electrons. The van der Waals surface area contributed by atoms with Gasteiger partial charge in [-0.25, -0.2) is 4.98 Å². The summed E-state index contributed by atoms with van der Waals surface area (Å²) in [5.74, 6) is 0.862. The van der Waals surface area contributed by atoms with Crippen LogP contribution in [0.25, 0.3) is 11.0 Å². The molecule has 3 heterocycles. The van der Waals surface area contributed by atoms with E-state index in [1.54, 1.807) is 17.0 Å². The Balaban J connectivity index is 1.76. The van der Waals surface area contributed by atoms with Crippen molar-refractivity contribution in [2.45, 2.75) is 47.1 Å². The van der Waals surface area contributed by atoms with Crippen molar-refractivity contribution in [1.82, 2.24) is 4.98 Å². The molecule has 8 heteroatoms. The monoisotopic (exact) mass is 504 g/mol. The highest BCUT2D eigenvalue weighted by atomic mass is 32.1. The van der Waals surface area contributed by atoms with E-state index in [9.17, 15) is 9.59 Å². The second-order valence-electron chi connectivity index (χ2n) is 8.88. The first-order valence-corrected chi connectivity index (χ1v) is 12.9. The van der Waals surface area contributed by atoms with E-state index >= 15 is 0 Å². The van der Waals surface area contributed by atoms with Gasteiger partial charge in [0.1, 0.15) is 5.58 Å². The van der Waals surface area contributed by atoms with Crippen molar-refractivity contribution < 1.29 is 18.7 Å². The van der Waals surface area contributed by atoms with E-state index in [0.29, 0.717) is 46.4 Å². The topological polar surface area (TPSA) is 81.9 Å². The Morgan fingerprint density at radius 1 is 1.03 bits per heavy atom. The van der Waals surface area contributed by atoms with Crippen LogP contribution in [0.1, 0.15) is 64.1 Å². The maximum absolute atomic E-state index is 13.9. The van der Waals surface area contributed by atoms with Gasteiger partial charge in [-0.3, -0.25) is 14.5 Å². The zero-order valence-corrected chi connectivity index (χ0v) is 21.8. The van der Waals surface area contributed by atoms with E-state index in [2.05, 4.69) is 4.98 Å². The lowest BCUT2D eigenvalue weighted by atomic mass is 9.98. The molecule has 4 aromatic rings. The molecular formula is C28H28N2O5S. The third-order valence-corrected chi connectivity index (χ3v) is 7.37. The Morgan fingerprint density at radius 2 is 1.83 bits per heavy atom. The lowest BCUT2D eigenvalue weighted by molar-refractivity contribution is 0.0971. The van der Waals surface area contributed by atoms with Gasteiger partial charge in [0.15, 0.2) is 22.1 Å². The quantitative estimate of drug-likeness (QED) is 0.302. The van der Waals surface area contributed by atoms with Crippen molar-refractivity contribution in [1.29, 1.82) is 0 Å². The summed E-state index contributed by atoms with van der Waals surface area (Å²) < 4.78 is 17.8. The Hall–Kier alpha value is -3.65. The van der Waals surface area contributed by atoms with Crippen molar-refractivity contribution in [2.75, 3.05) is 18.1 Å². The highest BCUT2D eigenvalue weighted by Crippen LogP contribution is 2.44. The largest absolute Gasteiger partial charge is 0.490 e. The molecule has 0 bridgehead atoms. The molecule has 0 fully saturated rings. The molecule has 2 aromatic heterocycles. The highest BCUT2D eigenvalue weighted by Gasteiger charge is 2.45. The van der Waals surface area contributed by atoms with Crippen LogP contribution in [0.2, 0.25) is 0 Å². The van der Waals surface area contributed by atoms with Gasteiger partial charge in [-0.2, -0.15) is 0 Å². The average molecular weight is 505 g/mol. The lowest BCUT2D eigenvalue weighted by Gasteiger charge is -2.23. The summed E-state index contributed by atoms with van der Waals surface area (Å²) in [4.78, 5) is 34.9. The number of rotatable bonds is 7. The number of hydrogen-bond acceptors (Lipinski definition) is 7. The van der Waals surface area contributed by atoms with Crippen LogP contribution in [0.5, 0.6) is 11.5 Å². The predicted molar refractivity (Wildman–Crippen MR) is 141 cm³/mol. The number of fused-ring (bicyclic) bond motifs is 2. The third kappa shape index (κ3) is 3.95. The fourth-order valence-corrected chi connectivity index (χ4v) is 5.39. The summed E-state index contributed by atoms with van der Waals surface area (Å²) in [5.41, 5.74) is 2.99. The molecule has 1 atom stereocenters. The second-order valence-corrected chi connectivity index (χ2v) is 10.1. The van der Waals surface area contributed by atoms with Gasteiger partial charge in [-0.15, -0.1) is 11.3 Å². The van der Waals surface area contributed by atoms with Gasteiger partial charge in [0, 0.05) is 4.88 Å². The number of hydrogen-bond donors (Lipinski definition) is 0. The normalized spacial score (nSPS) is 15.0. The highest BCUT2D eigenvalue weighted by molar-refractivity contribution is 7.15. The first kappa shape index (κ1) is 24.1. The molecule has 1 unspecified atom stereocenters. The molecule has 0 N–H and O–H groups in total. The van der Waals surface area contributed by atoms with Crippen molar-refractivity contribution in [3.05, 3.63) is 79.6 Å². The Morgan fingerprint density at radius 3 is 2.53 bits per heavy atom. The summed E-state index contributed by atoms with van der Waals surface area (Å²) in [5, 5.41) is 0.975. The van der Waals surface area contributed by atoms with Gasteiger partial charge < -0.3 is 13.9 Å². The number of amides is 1. The Kier molecular flexibility index (Phi) is 6.30. The summed E-state index contributed by atoms with van der Waals surface area (Å²) in [6, 6.07) is 10.3. The summed E-state index contributed by atoms with van der Waals surface area (Å²) in [6.45, 7) is 10.7. The van der Waals surface area contributed by atoms with Crippen molar-refractivity contribution >= 4 is 33.3 Å². The van der Waals surface area contributed by atoms with Crippen molar-refractivity contribution in [3.63, 3.8) is 0 Å². The van der Waals surface area contributed by atoms with E-state index in [-0.39, 0.29) is 17.1 Å². The van der Waals surface area contributed by atoms with E-state index in [0.717, 1.165) is 28.1 Å². The van der Waals surface area contributed by atoms with E-state index in [1.807, 2.05) is 58.9 Å². The van der Waals surface area contributed by atoms with Crippen LogP contribution in [-0.4, -0.2) is 24.1 Å². The molecule has 1 aliphatic heterocycles.